The van der Waals surface area contributed by atoms with Crippen molar-refractivity contribution in [2.75, 3.05) is 11.4 Å². The predicted octanol–water partition coefficient (Wildman–Crippen LogP) is 1.32. The van der Waals surface area contributed by atoms with Crippen molar-refractivity contribution in [3.05, 3.63) is 24.5 Å². The van der Waals surface area contributed by atoms with Crippen LogP contribution in [0.2, 0.25) is 0 Å². The van der Waals surface area contributed by atoms with Gasteiger partial charge in [0, 0.05) is 31.4 Å². The predicted molar refractivity (Wildman–Crippen MR) is 74.2 cm³/mol. The molecule has 6 nitrogen and oxygen atoms in total. The van der Waals surface area contributed by atoms with Gasteiger partial charge in [-0.25, -0.2) is 9.97 Å². The first-order chi connectivity index (χ1) is 9.24. The number of amidine groups is 1. The maximum Gasteiger partial charge on any atom is 0.180 e. The molecule has 3 N–H and O–H groups in total. The molecular formula is C13H16N6. The third-order valence-corrected chi connectivity index (χ3v) is 3.22. The average Bonchev–Trinajstić information content (AvgIpc) is 3.23. The number of rotatable bonds is 5. The van der Waals surface area contributed by atoms with Crippen LogP contribution in [0.25, 0.3) is 11.2 Å². The molecule has 2 heterocycles. The van der Waals surface area contributed by atoms with Gasteiger partial charge in [-0.2, -0.15) is 0 Å². The number of nitrogens with two attached hydrogens (primary N) is 1. The minimum atomic E-state index is 0.214. The molecule has 0 aliphatic heterocycles. The molecule has 6 heteroatoms. The highest BCUT2D eigenvalue weighted by Gasteiger charge is 2.29. The fraction of sp³-hybridized carbons (Fsp3) is 0.385. The summed E-state index contributed by atoms with van der Waals surface area (Å²) in [6.07, 6.45) is 6.24. The fourth-order valence-electron chi connectivity index (χ4n) is 2.12. The van der Waals surface area contributed by atoms with Gasteiger partial charge >= 0.3 is 0 Å². The number of nitrogens with zero attached hydrogens (tertiary/aromatic N) is 4. The highest BCUT2D eigenvalue weighted by atomic mass is 15.2. The van der Waals surface area contributed by atoms with Gasteiger partial charge in [0.05, 0.1) is 5.84 Å². The molecule has 0 amide bonds. The van der Waals surface area contributed by atoms with Crippen LogP contribution in [0.15, 0.2) is 24.5 Å². The Morgan fingerprint density at radius 1 is 1.32 bits per heavy atom. The lowest BCUT2D eigenvalue weighted by molar-refractivity contribution is 0.783. The molecule has 0 saturated heterocycles. The van der Waals surface area contributed by atoms with E-state index in [-0.39, 0.29) is 5.84 Å². The molecule has 19 heavy (non-hydrogen) atoms. The van der Waals surface area contributed by atoms with Crippen LogP contribution < -0.4 is 10.6 Å². The summed E-state index contributed by atoms with van der Waals surface area (Å²) in [7, 11) is 0. The summed E-state index contributed by atoms with van der Waals surface area (Å²) in [5.41, 5.74) is 6.90. The second-order valence-electron chi connectivity index (χ2n) is 4.77. The molecule has 1 fully saturated rings. The number of nitrogens with one attached hydrogen (secondary N) is 1. The summed E-state index contributed by atoms with van der Waals surface area (Å²) in [5, 5.41) is 7.35. The summed E-state index contributed by atoms with van der Waals surface area (Å²) in [6, 6.07) is 4.43. The topological polar surface area (TPSA) is 91.8 Å². The molecule has 3 rings (SSSR count). The molecule has 2 aromatic heterocycles. The zero-order valence-electron chi connectivity index (χ0n) is 10.6. The van der Waals surface area contributed by atoms with Crippen LogP contribution in [-0.4, -0.2) is 33.4 Å². The number of fused-ring (bicyclic) bond motifs is 1. The van der Waals surface area contributed by atoms with Crippen molar-refractivity contribution in [3.8, 4) is 0 Å². The lowest BCUT2D eigenvalue weighted by Gasteiger charge is -2.23. The summed E-state index contributed by atoms with van der Waals surface area (Å²) in [4.78, 5) is 15.2. The number of hydrogen-bond donors (Lipinski definition) is 2. The molecular weight excluding hydrogens is 240 g/mol. The zero-order valence-corrected chi connectivity index (χ0v) is 10.6. The van der Waals surface area contributed by atoms with Crippen LogP contribution in [0, 0.1) is 5.41 Å². The molecule has 0 radical (unpaired) electrons. The van der Waals surface area contributed by atoms with E-state index in [0.29, 0.717) is 18.1 Å². The number of anilines is 1. The van der Waals surface area contributed by atoms with Crippen molar-refractivity contribution in [2.24, 2.45) is 5.73 Å². The van der Waals surface area contributed by atoms with Gasteiger partial charge in [0.25, 0.3) is 0 Å². The van der Waals surface area contributed by atoms with Crippen LogP contribution in [0.5, 0.6) is 0 Å². The van der Waals surface area contributed by atoms with Crippen molar-refractivity contribution >= 4 is 22.8 Å². The van der Waals surface area contributed by atoms with E-state index in [0.717, 1.165) is 17.9 Å². The van der Waals surface area contributed by atoms with Gasteiger partial charge in [-0.15, -0.1) is 0 Å². The Balaban J connectivity index is 1.88. The summed E-state index contributed by atoms with van der Waals surface area (Å²) in [6.45, 7) is 0.735. The quantitative estimate of drug-likeness (QED) is 0.621. The van der Waals surface area contributed by atoms with E-state index in [2.05, 4.69) is 19.9 Å². The number of hydrogen-bond acceptors (Lipinski definition) is 5. The van der Waals surface area contributed by atoms with E-state index >= 15 is 0 Å². The van der Waals surface area contributed by atoms with Crippen molar-refractivity contribution in [1.29, 1.82) is 5.41 Å². The first-order valence-corrected chi connectivity index (χ1v) is 6.41. The highest BCUT2D eigenvalue weighted by molar-refractivity contribution is 5.77. The van der Waals surface area contributed by atoms with E-state index < -0.39 is 0 Å². The molecule has 98 valence electrons. The molecule has 1 aliphatic rings. The second-order valence-corrected chi connectivity index (χ2v) is 4.77. The molecule has 2 aromatic rings. The molecule has 0 atom stereocenters. The number of aromatic nitrogens is 3. The van der Waals surface area contributed by atoms with Crippen molar-refractivity contribution in [2.45, 2.75) is 25.3 Å². The first kappa shape index (κ1) is 11.8. The molecule has 0 bridgehead atoms. The van der Waals surface area contributed by atoms with E-state index in [1.165, 1.54) is 12.8 Å². The largest absolute Gasteiger partial charge is 0.388 e. The van der Waals surface area contributed by atoms with E-state index in [9.17, 15) is 0 Å². The molecule has 1 aliphatic carbocycles. The Labute approximate surface area is 111 Å². The Morgan fingerprint density at radius 3 is 2.84 bits per heavy atom. The molecule has 1 saturated carbocycles. The lowest BCUT2D eigenvalue weighted by atomic mass is 10.3. The third-order valence-electron chi connectivity index (χ3n) is 3.22. The van der Waals surface area contributed by atoms with Gasteiger partial charge in [0.15, 0.2) is 5.65 Å². The van der Waals surface area contributed by atoms with Crippen LogP contribution in [-0.2, 0) is 0 Å². The lowest BCUT2D eigenvalue weighted by Crippen LogP contribution is -2.30. The van der Waals surface area contributed by atoms with Crippen LogP contribution in [0.4, 0.5) is 5.82 Å². The zero-order chi connectivity index (χ0) is 13.2. The summed E-state index contributed by atoms with van der Waals surface area (Å²) < 4.78 is 0. The van der Waals surface area contributed by atoms with E-state index in [1.54, 1.807) is 12.4 Å². The molecule has 0 unspecified atom stereocenters. The Bertz CT molecular complexity index is 607. The van der Waals surface area contributed by atoms with Crippen molar-refractivity contribution in [3.63, 3.8) is 0 Å². The van der Waals surface area contributed by atoms with Crippen LogP contribution in [0.3, 0.4) is 0 Å². The number of pyridine rings is 1. The van der Waals surface area contributed by atoms with Crippen LogP contribution >= 0.6 is 0 Å². The minimum absolute atomic E-state index is 0.214. The SMILES string of the molecule is N=C(N)CCN(c1ccc2nccnc2n1)C1CC1. The Hall–Kier alpha value is -2.24. The van der Waals surface area contributed by atoms with Gasteiger partial charge in [-0.3, -0.25) is 10.4 Å². The van der Waals surface area contributed by atoms with Gasteiger partial charge in [0.1, 0.15) is 11.3 Å². The monoisotopic (exact) mass is 256 g/mol. The third kappa shape index (κ3) is 2.62. The smallest absolute Gasteiger partial charge is 0.180 e. The first-order valence-electron chi connectivity index (χ1n) is 6.41. The van der Waals surface area contributed by atoms with Gasteiger partial charge < -0.3 is 10.6 Å². The standard InChI is InChI=1S/C13H16N6/c14-11(15)5-8-19(9-1-2-9)12-4-3-10-13(18-12)17-7-6-16-10/h3-4,6-7,9H,1-2,5,8H2,(H3,14,15). The summed E-state index contributed by atoms with van der Waals surface area (Å²) in [5.74, 6) is 1.11. The van der Waals surface area contributed by atoms with E-state index in [4.69, 9.17) is 11.1 Å². The van der Waals surface area contributed by atoms with Gasteiger partial charge in [-0.1, -0.05) is 0 Å². The van der Waals surface area contributed by atoms with E-state index in [1.807, 2.05) is 12.1 Å². The van der Waals surface area contributed by atoms with Crippen molar-refractivity contribution < 1.29 is 0 Å². The second kappa shape index (κ2) is 4.79. The summed E-state index contributed by atoms with van der Waals surface area (Å²) >= 11 is 0. The minimum Gasteiger partial charge on any atom is -0.388 e. The average molecular weight is 256 g/mol. The van der Waals surface area contributed by atoms with Gasteiger partial charge in [-0.05, 0) is 25.0 Å². The Morgan fingerprint density at radius 2 is 2.11 bits per heavy atom. The van der Waals surface area contributed by atoms with Crippen LogP contribution in [0.1, 0.15) is 19.3 Å². The highest BCUT2D eigenvalue weighted by Crippen LogP contribution is 2.31. The fourth-order valence-corrected chi connectivity index (χ4v) is 2.12. The molecule has 0 aromatic carbocycles. The molecule has 0 spiro atoms. The maximum atomic E-state index is 7.35. The normalized spacial score (nSPS) is 14.5. The van der Waals surface area contributed by atoms with Gasteiger partial charge in [0.2, 0.25) is 0 Å². The van der Waals surface area contributed by atoms with Crippen molar-refractivity contribution in [1.82, 2.24) is 15.0 Å². The Kier molecular flexibility index (Phi) is 2.98. The maximum absolute atomic E-state index is 7.35.